The van der Waals surface area contributed by atoms with Crippen LogP contribution in [-0.4, -0.2) is 43.5 Å². The Hall–Kier alpha value is -1.92. The van der Waals surface area contributed by atoms with Crippen LogP contribution in [-0.2, 0) is 9.68 Å². The number of nitro groups is 3. The third kappa shape index (κ3) is 3.40. The van der Waals surface area contributed by atoms with E-state index in [2.05, 4.69) is 0 Å². The van der Waals surface area contributed by atoms with Gasteiger partial charge in [-0.05, 0) is 27.7 Å². The molecule has 1 fully saturated rings. The van der Waals surface area contributed by atoms with Crippen molar-refractivity contribution in [1.29, 1.82) is 0 Å². The fraction of sp³-hybridized carbons (Fsp3) is 1.00. The van der Waals surface area contributed by atoms with Gasteiger partial charge < -0.3 is 0 Å². The fourth-order valence-corrected chi connectivity index (χ4v) is 1.95. The van der Waals surface area contributed by atoms with Crippen LogP contribution in [0.15, 0.2) is 0 Å². The first-order valence-electron chi connectivity index (χ1n) is 5.92. The van der Waals surface area contributed by atoms with Gasteiger partial charge in [0, 0.05) is 4.92 Å². The maximum atomic E-state index is 11.2. The lowest BCUT2D eigenvalue weighted by molar-refractivity contribution is -0.853. The van der Waals surface area contributed by atoms with Gasteiger partial charge in [0.2, 0.25) is 6.54 Å². The molecule has 0 bridgehead atoms. The third-order valence-corrected chi connectivity index (χ3v) is 2.71. The Kier molecular flexibility index (Phi) is 4.18. The Morgan fingerprint density at radius 3 is 2.05 bits per heavy atom. The highest BCUT2D eigenvalue weighted by atomic mass is 17.0. The predicted molar refractivity (Wildman–Crippen MR) is 65.4 cm³/mol. The smallest absolute Gasteiger partial charge is 0.264 e. The number of hydrogen-bond acceptors (Lipinski definition) is 9. The maximum absolute atomic E-state index is 11.2. The van der Waals surface area contributed by atoms with Crippen LogP contribution in [0.2, 0.25) is 0 Å². The number of hydrogen-bond donors (Lipinski definition) is 0. The summed E-state index contributed by atoms with van der Waals surface area (Å²) in [6, 6.07) is 0. The zero-order chi connectivity index (χ0) is 16.6. The lowest BCUT2D eigenvalue weighted by Gasteiger charge is -2.27. The van der Waals surface area contributed by atoms with Crippen molar-refractivity contribution in [3.05, 3.63) is 30.3 Å². The second-order valence-corrected chi connectivity index (χ2v) is 5.92. The molecule has 1 rings (SSSR count). The van der Waals surface area contributed by atoms with E-state index in [9.17, 15) is 30.3 Å². The molecule has 0 aliphatic carbocycles. The molecular weight excluding hydrogens is 292 g/mol. The van der Waals surface area contributed by atoms with Gasteiger partial charge in [-0.3, -0.25) is 35.2 Å². The van der Waals surface area contributed by atoms with Gasteiger partial charge in [-0.2, -0.15) is 0 Å². The van der Waals surface area contributed by atoms with Crippen LogP contribution in [0, 0.1) is 30.3 Å². The van der Waals surface area contributed by atoms with Crippen molar-refractivity contribution in [2.45, 2.75) is 51.1 Å². The van der Waals surface area contributed by atoms with E-state index in [1.165, 1.54) is 27.7 Å². The largest absolute Gasteiger partial charge is 0.569 e. The van der Waals surface area contributed by atoms with Crippen LogP contribution in [0.5, 0.6) is 0 Å². The molecule has 0 spiro atoms. The second kappa shape index (κ2) is 5.13. The molecule has 12 nitrogen and oxygen atoms in total. The van der Waals surface area contributed by atoms with E-state index in [-0.39, 0.29) is 5.23 Å². The zero-order valence-corrected chi connectivity index (χ0v) is 12.0. The van der Waals surface area contributed by atoms with Gasteiger partial charge in [-0.15, -0.1) is 0 Å². The van der Waals surface area contributed by atoms with E-state index in [1.54, 1.807) is 0 Å². The van der Waals surface area contributed by atoms with Crippen molar-refractivity contribution >= 4 is 0 Å². The van der Waals surface area contributed by atoms with Gasteiger partial charge in [0.1, 0.15) is 21.9 Å². The van der Waals surface area contributed by atoms with Gasteiger partial charge in [-0.25, -0.2) is 4.84 Å². The van der Waals surface area contributed by atoms with Crippen molar-refractivity contribution in [2.75, 3.05) is 6.54 Å². The fourth-order valence-electron chi connectivity index (χ4n) is 1.95. The lowest BCUT2D eigenvalue weighted by atomic mass is 10.0. The number of nitrogens with zero attached hydrogens (tertiary/aromatic N) is 4. The molecule has 0 amide bonds. The molecular formula is C9H16N4O8. The van der Waals surface area contributed by atoms with E-state index < -0.39 is 44.7 Å². The summed E-state index contributed by atoms with van der Waals surface area (Å²) in [4.78, 5) is 40.2. The lowest BCUT2D eigenvalue weighted by Crippen LogP contribution is -2.58. The highest BCUT2D eigenvalue weighted by Crippen LogP contribution is 2.40. The Labute approximate surface area is 119 Å². The van der Waals surface area contributed by atoms with E-state index in [4.69, 9.17) is 9.68 Å². The van der Waals surface area contributed by atoms with Crippen molar-refractivity contribution in [1.82, 2.24) is 5.23 Å². The van der Waals surface area contributed by atoms with Gasteiger partial charge >= 0.3 is 5.79 Å². The Morgan fingerprint density at radius 1 is 1.19 bits per heavy atom. The van der Waals surface area contributed by atoms with E-state index >= 15 is 0 Å². The van der Waals surface area contributed by atoms with Crippen LogP contribution >= 0.6 is 0 Å². The molecule has 0 unspecified atom stereocenters. The molecule has 1 aliphatic rings. The molecule has 120 valence electrons. The Bertz CT molecular complexity index is 462. The molecule has 0 aromatic heterocycles. The number of rotatable bonds is 6. The van der Waals surface area contributed by atoms with E-state index in [0.717, 1.165) is 0 Å². The molecule has 1 aliphatic heterocycles. The summed E-state index contributed by atoms with van der Waals surface area (Å²) in [5.41, 5.74) is -2.76. The molecule has 1 saturated heterocycles. The van der Waals surface area contributed by atoms with Crippen molar-refractivity contribution < 1.29 is 24.4 Å². The SMILES string of the molecule is CC(C)(C[N+](=O)[O-])ON1OC(C)(C)CC1([N+](=O)[O-])[N+](=O)[O-]. The minimum atomic E-state index is -2.85. The number of hydroxylamine groups is 2. The monoisotopic (exact) mass is 308 g/mol. The summed E-state index contributed by atoms with van der Waals surface area (Å²) in [5.74, 6) is -2.85. The van der Waals surface area contributed by atoms with Gasteiger partial charge in [0.25, 0.3) is 0 Å². The highest BCUT2D eigenvalue weighted by molar-refractivity contribution is 4.82. The molecule has 0 aromatic carbocycles. The maximum Gasteiger partial charge on any atom is 0.569 e. The molecule has 0 saturated carbocycles. The van der Waals surface area contributed by atoms with Crippen molar-refractivity contribution in [3.63, 3.8) is 0 Å². The topological polar surface area (TPSA) is 151 Å². The summed E-state index contributed by atoms with van der Waals surface area (Å²) in [5, 5.41) is 33.1. The summed E-state index contributed by atoms with van der Waals surface area (Å²) in [6.45, 7) is 4.67. The van der Waals surface area contributed by atoms with Gasteiger partial charge in [0.15, 0.2) is 5.60 Å². The summed E-state index contributed by atoms with van der Waals surface area (Å²) in [7, 11) is 0. The minimum absolute atomic E-state index is 0.163. The zero-order valence-electron chi connectivity index (χ0n) is 12.0. The average Bonchev–Trinajstić information content (AvgIpc) is 2.47. The Balaban J connectivity index is 3.15. The van der Waals surface area contributed by atoms with E-state index in [1.807, 2.05) is 0 Å². The predicted octanol–water partition coefficient (Wildman–Crippen LogP) is 0.596. The second-order valence-electron chi connectivity index (χ2n) is 5.92. The van der Waals surface area contributed by atoms with Crippen molar-refractivity contribution in [3.8, 4) is 0 Å². The van der Waals surface area contributed by atoms with Crippen molar-refractivity contribution in [2.24, 2.45) is 0 Å². The minimum Gasteiger partial charge on any atom is -0.264 e. The van der Waals surface area contributed by atoms with Crippen LogP contribution in [0.1, 0.15) is 34.1 Å². The van der Waals surface area contributed by atoms with E-state index in [0.29, 0.717) is 0 Å². The van der Waals surface area contributed by atoms with Crippen LogP contribution in [0.3, 0.4) is 0 Å². The third-order valence-electron chi connectivity index (χ3n) is 2.71. The molecule has 1 heterocycles. The molecule has 0 atom stereocenters. The van der Waals surface area contributed by atoms with Crippen LogP contribution in [0.4, 0.5) is 0 Å². The normalized spacial score (nSPS) is 21.1. The van der Waals surface area contributed by atoms with Crippen LogP contribution < -0.4 is 0 Å². The molecule has 0 radical (unpaired) electrons. The molecule has 12 heteroatoms. The first-order valence-corrected chi connectivity index (χ1v) is 5.92. The first kappa shape index (κ1) is 17.1. The molecule has 0 N–H and O–H groups in total. The molecule has 21 heavy (non-hydrogen) atoms. The van der Waals surface area contributed by atoms with Gasteiger partial charge in [0.05, 0.1) is 5.23 Å². The van der Waals surface area contributed by atoms with Crippen LogP contribution in [0.25, 0.3) is 0 Å². The van der Waals surface area contributed by atoms with Gasteiger partial charge in [-0.1, -0.05) is 0 Å². The highest BCUT2D eigenvalue weighted by Gasteiger charge is 2.74. The Morgan fingerprint density at radius 2 is 1.67 bits per heavy atom. The summed E-state index contributed by atoms with van der Waals surface area (Å²) < 4.78 is 0. The summed E-state index contributed by atoms with van der Waals surface area (Å²) >= 11 is 0. The average molecular weight is 308 g/mol. The molecule has 0 aromatic rings. The standard InChI is InChI=1S/C9H16N4O8/c1-7(2)5-9(11(16)17,12(18)19)13(20-7)21-8(3,4)6-10(14)15/h5-6H2,1-4H3. The summed E-state index contributed by atoms with van der Waals surface area (Å²) in [6.07, 6.45) is -0.575. The quantitative estimate of drug-likeness (QED) is 0.390. The first-order chi connectivity index (χ1) is 9.32.